The van der Waals surface area contributed by atoms with Crippen molar-refractivity contribution in [1.82, 2.24) is 0 Å². The van der Waals surface area contributed by atoms with Crippen LogP contribution >= 0.6 is 0 Å². The maximum atomic E-state index is 15.1. The van der Waals surface area contributed by atoms with Crippen LogP contribution in [0.3, 0.4) is 0 Å². The van der Waals surface area contributed by atoms with Gasteiger partial charge < -0.3 is 9.47 Å². The summed E-state index contributed by atoms with van der Waals surface area (Å²) in [6, 6.07) is 13.8. The molecule has 3 aromatic carbocycles. The number of halogens is 4. The molecule has 36 heavy (non-hydrogen) atoms. The van der Waals surface area contributed by atoms with Gasteiger partial charge in [0.15, 0.2) is 23.2 Å². The molecule has 0 aromatic heterocycles. The van der Waals surface area contributed by atoms with Gasteiger partial charge in [0, 0.05) is 11.1 Å². The van der Waals surface area contributed by atoms with Gasteiger partial charge in [0.1, 0.15) is 0 Å². The Labute approximate surface area is 210 Å². The lowest BCUT2D eigenvalue weighted by atomic mass is 9.82. The molecular weight excluding hydrogens is 468 g/mol. The minimum absolute atomic E-state index is 0.0563. The first-order chi connectivity index (χ1) is 17.4. The minimum Gasteiger partial charge on any atom is -0.491 e. The number of aryl methyl sites for hydroxylation is 1. The monoisotopic (exact) mass is 500 g/mol. The Kier molecular flexibility index (Phi) is 8.68. The molecule has 1 saturated carbocycles. The van der Waals surface area contributed by atoms with E-state index < -0.39 is 23.3 Å². The highest BCUT2D eigenvalue weighted by atomic mass is 19.2. The molecule has 3 aromatic rings. The summed E-state index contributed by atoms with van der Waals surface area (Å²) in [5.74, 6) is -3.82. The lowest BCUT2D eigenvalue weighted by molar-refractivity contribution is 0.0116. The number of rotatable bonds is 9. The molecular formula is C30H32F4O2. The normalized spacial score (nSPS) is 17.8. The molecule has 0 unspecified atom stereocenters. The SMILES string of the molecule is CCCc1ccc(-c2ccc(C3CCC(OCc4ccc(OCC)c(F)c4F)CC3)c(F)c2F)cc1. The van der Waals surface area contributed by atoms with E-state index in [1.54, 1.807) is 19.1 Å². The molecule has 0 heterocycles. The third-order valence-corrected chi connectivity index (χ3v) is 6.93. The Hall–Kier alpha value is -2.86. The molecule has 1 aliphatic carbocycles. The van der Waals surface area contributed by atoms with Crippen LogP contribution in [0.4, 0.5) is 17.6 Å². The smallest absolute Gasteiger partial charge is 0.200 e. The van der Waals surface area contributed by atoms with Crippen LogP contribution in [-0.4, -0.2) is 12.7 Å². The zero-order valence-electron chi connectivity index (χ0n) is 20.8. The van der Waals surface area contributed by atoms with Gasteiger partial charge >= 0.3 is 0 Å². The van der Waals surface area contributed by atoms with Crippen LogP contribution < -0.4 is 4.74 Å². The van der Waals surface area contributed by atoms with E-state index in [9.17, 15) is 8.78 Å². The molecule has 0 spiro atoms. The van der Waals surface area contributed by atoms with E-state index in [4.69, 9.17) is 9.47 Å². The summed E-state index contributed by atoms with van der Waals surface area (Å²) in [5.41, 5.74) is 2.61. The van der Waals surface area contributed by atoms with Crippen molar-refractivity contribution in [2.24, 2.45) is 0 Å². The molecule has 1 fully saturated rings. The molecule has 0 amide bonds. The summed E-state index contributed by atoms with van der Waals surface area (Å²) in [7, 11) is 0. The summed E-state index contributed by atoms with van der Waals surface area (Å²) in [6.45, 7) is 3.99. The van der Waals surface area contributed by atoms with E-state index in [0.29, 0.717) is 36.8 Å². The Morgan fingerprint density at radius 3 is 2.14 bits per heavy atom. The first kappa shape index (κ1) is 26.2. The van der Waals surface area contributed by atoms with Gasteiger partial charge in [-0.1, -0.05) is 49.7 Å². The third kappa shape index (κ3) is 5.75. The summed E-state index contributed by atoms with van der Waals surface area (Å²) >= 11 is 0. The molecule has 0 bridgehead atoms. The molecule has 0 radical (unpaired) electrons. The first-order valence-electron chi connectivity index (χ1n) is 12.7. The maximum Gasteiger partial charge on any atom is 0.200 e. The summed E-state index contributed by atoms with van der Waals surface area (Å²) in [5, 5.41) is 0. The maximum absolute atomic E-state index is 15.1. The highest BCUT2D eigenvalue weighted by molar-refractivity contribution is 5.65. The van der Waals surface area contributed by atoms with Crippen molar-refractivity contribution in [3.8, 4) is 16.9 Å². The second-order valence-corrected chi connectivity index (χ2v) is 9.35. The molecule has 0 atom stereocenters. The van der Waals surface area contributed by atoms with E-state index in [0.717, 1.165) is 12.8 Å². The number of benzene rings is 3. The van der Waals surface area contributed by atoms with Crippen LogP contribution in [0, 0.1) is 23.3 Å². The molecule has 6 heteroatoms. The predicted molar refractivity (Wildman–Crippen MR) is 133 cm³/mol. The first-order valence-corrected chi connectivity index (χ1v) is 12.7. The lowest BCUT2D eigenvalue weighted by Crippen LogP contribution is -2.21. The molecule has 192 valence electrons. The Balaban J connectivity index is 1.36. The average Bonchev–Trinajstić information content (AvgIpc) is 2.89. The van der Waals surface area contributed by atoms with Gasteiger partial charge in [0.05, 0.1) is 19.3 Å². The van der Waals surface area contributed by atoms with Crippen LogP contribution in [-0.2, 0) is 17.8 Å². The van der Waals surface area contributed by atoms with Gasteiger partial charge in [-0.2, -0.15) is 4.39 Å². The fourth-order valence-electron chi connectivity index (χ4n) is 4.94. The lowest BCUT2D eigenvalue weighted by Gasteiger charge is -2.29. The largest absolute Gasteiger partial charge is 0.491 e. The van der Waals surface area contributed by atoms with E-state index in [1.165, 1.54) is 17.7 Å². The fourth-order valence-corrected chi connectivity index (χ4v) is 4.94. The molecule has 0 aliphatic heterocycles. The van der Waals surface area contributed by atoms with Crippen LogP contribution in [0.5, 0.6) is 5.75 Å². The Bertz CT molecular complexity index is 1170. The van der Waals surface area contributed by atoms with Crippen molar-refractivity contribution in [2.75, 3.05) is 6.61 Å². The van der Waals surface area contributed by atoms with Crippen LogP contribution in [0.1, 0.15) is 68.6 Å². The topological polar surface area (TPSA) is 18.5 Å². The van der Waals surface area contributed by atoms with Crippen molar-refractivity contribution < 1.29 is 27.0 Å². The van der Waals surface area contributed by atoms with Crippen LogP contribution in [0.2, 0.25) is 0 Å². The van der Waals surface area contributed by atoms with Gasteiger partial charge in [-0.25, -0.2) is 13.2 Å². The van der Waals surface area contributed by atoms with Gasteiger partial charge in [0.2, 0.25) is 5.82 Å². The zero-order valence-corrected chi connectivity index (χ0v) is 20.8. The summed E-state index contributed by atoms with van der Waals surface area (Å²) in [4.78, 5) is 0. The van der Waals surface area contributed by atoms with Crippen molar-refractivity contribution >= 4 is 0 Å². The Morgan fingerprint density at radius 1 is 0.750 bits per heavy atom. The quantitative estimate of drug-likeness (QED) is 0.274. The van der Waals surface area contributed by atoms with Crippen molar-refractivity contribution in [3.63, 3.8) is 0 Å². The molecule has 4 rings (SSSR count). The van der Waals surface area contributed by atoms with Crippen LogP contribution in [0.25, 0.3) is 11.1 Å². The summed E-state index contributed by atoms with van der Waals surface area (Å²) < 4.78 is 69.4. The van der Waals surface area contributed by atoms with Crippen molar-refractivity contribution in [1.29, 1.82) is 0 Å². The van der Waals surface area contributed by atoms with Gasteiger partial charge in [-0.3, -0.25) is 0 Å². The van der Waals surface area contributed by atoms with Gasteiger partial charge in [-0.05, 0) is 73.8 Å². The zero-order chi connectivity index (χ0) is 25.7. The Morgan fingerprint density at radius 2 is 1.47 bits per heavy atom. The molecule has 1 aliphatic rings. The average molecular weight is 501 g/mol. The second-order valence-electron chi connectivity index (χ2n) is 9.35. The summed E-state index contributed by atoms with van der Waals surface area (Å²) in [6.07, 6.45) is 4.36. The third-order valence-electron chi connectivity index (χ3n) is 6.93. The molecule has 0 saturated heterocycles. The van der Waals surface area contributed by atoms with Crippen molar-refractivity contribution in [3.05, 3.63) is 88.5 Å². The van der Waals surface area contributed by atoms with Gasteiger partial charge in [-0.15, -0.1) is 0 Å². The van der Waals surface area contributed by atoms with E-state index >= 15 is 8.78 Å². The molecule has 0 N–H and O–H groups in total. The predicted octanol–water partition coefficient (Wildman–Crippen LogP) is 8.50. The van der Waals surface area contributed by atoms with E-state index in [1.807, 2.05) is 24.3 Å². The van der Waals surface area contributed by atoms with E-state index in [2.05, 4.69) is 6.92 Å². The molecule has 2 nitrogen and oxygen atoms in total. The number of ether oxygens (including phenoxy) is 2. The highest BCUT2D eigenvalue weighted by Gasteiger charge is 2.27. The standard InChI is InChI=1S/C30H32F4O2/c1-3-5-19-6-8-20(9-7-19)24-15-16-25(29(33)28(24)32)21-10-13-23(14-11-21)36-18-22-12-17-26(35-4-2)30(34)27(22)31/h6-9,12,15-17,21,23H,3-5,10-11,13-14,18H2,1-2H3. The van der Waals surface area contributed by atoms with Crippen LogP contribution in [0.15, 0.2) is 48.5 Å². The number of hydrogen-bond acceptors (Lipinski definition) is 2. The number of hydrogen-bond donors (Lipinski definition) is 0. The second kappa shape index (κ2) is 11.9. The fraction of sp³-hybridized carbons (Fsp3) is 0.400. The van der Waals surface area contributed by atoms with Gasteiger partial charge in [0.25, 0.3) is 0 Å². The van der Waals surface area contributed by atoms with E-state index in [-0.39, 0.29) is 42.1 Å². The minimum atomic E-state index is -1.01. The van der Waals surface area contributed by atoms with Crippen molar-refractivity contribution in [2.45, 2.75) is 71.0 Å². The highest BCUT2D eigenvalue weighted by Crippen LogP contribution is 2.38.